The largest absolute Gasteiger partial charge is 0.472 e. The minimum absolute atomic E-state index is 0.0147. The van der Waals surface area contributed by atoms with Crippen LogP contribution in [0.5, 0.6) is 0 Å². The van der Waals surface area contributed by atoms with E-state index in [1.54, 1.807) is 0 Å². The SMILES string of the molecule is CCCCCC(=O)OCC(COP(=O)(O)O[C@H]1[C@H](O)[C@@H](O)[C@H](OP(=O)(O)O)[C@@H](OP(=O)(O)O)[C@H]1O)OC(=O)CCCCC. The fraction of sp³-hybridized carbons (Fsp3) is 0.905. The van der Waals surface area contributed by atoms with Gasteiger partial charge in [-0.15, -0.1) is 0 Å². The monoisotopic (exact) mass is 690 g/mol. The smallest absolute Gasteiger partial charge is 0.462 e. The highest BCUT2D eigenvalue weighted by Crippen LogP contribution is 2.51. The molecule has 0 amide bonds. The van der Waals surface area contributed by atoms with Gasteiger partial charge < -0.3 is 49.3 Å². The molecule has 0 bridgehead atoms. The summed E-state index contributed by atoms with van der Waals surface area (Å²) in [4.78, 5) is 70.9. The molecular formula is C21H41O19P3. The summed E-state index contributed by atoms with van der Waals surface area (Å²) in [6.45, 7) is 2.35. The molecule has 0 spiro atoms. The van der Waals surface area contributed by atoms with Crippen LogP contribution in [0.1, 0.15) is 65.2 Å². The van der Waals surface area contributed by atoms with E-state index in [9.17, 15) is 43.5 Å². The molecule has 43 heavy (non-hydrogen) atoms. The molecule has 19 nitrogen and oxygen atoms in total. The van der Waals surface area contributed by atoms with Crippen molar-refractivity contribution in [2.45, 2.75) is 108 Å². The van der Waals surface area contributed by atoms with E-state index < -0.39 is 91.3 Å². The highest BCUT2D eigenvalue weighted by molar-refractivity contribution is 7.47. The summed E-state index contributed by atoms with van der Waals surface area (Å²) in [6, 6.07) is 0. The van der Waals surface area contributed by atoms with Gasteiger partial charge in [-0.1, -0.05) is 39.5 Å². The Hall–Kier alpha value is -0.850. The second kappa shape index (κ2) is 18.3. The molecule has 0 heterocycles. The molecule has 254 valence electrons. The Labute approximate surface area is 247 Å². The second-order valence-corrected chi connectivity index (χ2v) is 13.4. The van der Waals surface area contributed by atoms with Gasteiger partial charge in [0, 0.05) is 12.8 Å². The van der Waals surface area contributed by atoms with Crippen molar-refractivity contribution in [3.63, 3.8) is 0 Å². The van der Waals surface area contributed by atoms with Crippen LogP contribution in [0.15, 0.2) is 0 Å². The summed E-state index contributed by atoms with van der Waals surface area (Å²) in [6.07, 6.45) is -12.1. The number of carbonyl (C=O) groups is 2. The fourth-order valence-corrected chi connectivity index (χ4v) is 5.97. The number of aliphatic hydroxyl groups excluding tert-OH is 3. The fourth-order valence-electron chi connectivity index (χ4n) is 3.87. The van der Waals surface area contributed by atoms with E-state index in [0.29, 0.717) is 19.3 Å². The van der Waals surface area contributed by atoms with Crippen molar-refractivity contribution in [2.24, 2.45) is 0 Å². The number of carbonyl (C=O) groups excluding carboxylic acids is 2. The quantitative estimate of drug-likeness (QED) is 0.0479. The van der Waals surface area contributed by atoms with Crippen molar-refractivity contribution in [3.8, 4) is 0 Å². The van der Waals surface area contributed by atoms with Gasteiger partial charge in [-0.05, 0) is 12.8 Å². The third-order valence-corrected chi connectivity index (χ3v) is 7.94. The lowest BCUT2D eigenvalue weighted by molar-refractivity contribution is -0.213. The lowest BCUT2D eigenvalue weighted by atomic mass is 9.85. The first kappa shape index (κ1) is 40.2. The second-order valence-electron chi connectivity index (χ2n) is 9.64. The van der Waals surface area contributed by atoms with Crippen LogP contribution in [0.4, 0.5) is 0 Å². The summed E-state index contributed by atoms with van der Waals surface area (Å²) in [5.74, 6) is -1.36. The number of phosphoric ester groups is 3. The normalized spacial score (nSPS) is 26.8. The number of hydrogen-bond acceptors (Lipinski definition) is 14. The van der Waals surface area contributed by atoms with Crippen molar-refractivity contribution in [3.05, 3.63) is 0 Å². The van der Waals surface area contributed by atoms with Gasteiger partial charge in [0.15, 0.2) is 6.10 Å². The van der Waals surface area contributed by atoms with Crippen LogP contribution >= 0.6 is 23.5 Å². The van der Waals surface area contributed by atoms with Gasteiger partial charge in [0.05, 0.1) is 6.61 Å². The maximum atomic E-state index is 12.7. The molecule has 0 aromatic carbocycles. The van der Waals surface area contributed by atoms with E-state index in [1.165, 1.54) is 0 Å². The van der Waals surface area contributed by atoms with Crippen molar-refractivity contribution < 1.29 is 90.6 Å². The van der Waals surface area contributed by atoms with Crippen LogP contribution in [-0.4, -0.2) is 108 Å². The van der Waals surface area contributed by atoms with Crippen molar-refractivity contribution in [1.82, 2.24) is 0 Å². The van der Waals surface area contributed by atoms with Crippen LogP contribution in [0.3, 0.4) is 0 Å². The Bertz CT molecular complexity index is 1010. The number of phosphoric acid groups is 3. The van der Waals surface area contributed by atoms with E-state index in [2.05, 4.69) is 9.05 Å². The van der Waals surface area contributed by atoms with Crippen LogP contribution in [-0.2, 0) is 50.9 Å². The molecule has 1 fully saturated rings. The predicted octanol–water partition coefficient (Wildman–Crippen LogP) is 0.156. The maximum absolute atomic E-state index is 12.7. The average molecular weight is 690 g/mol. The zero-order valence-electron chi connectivity index (χ0n) is 23.5. The van der Waals surface area contributed by atoms with Gasteiger partial charge in [0.1, 0.15) is 43.2 Å². The topological polar surface area (TPSA) is 303 Å². The molecule has 1 aliphatic rings. The van der Waals surface area contributed by atoms with Gasteiger partial charge in [-0.25, -0.2) is 13.7 Å². The number of hydrogen-bond donors (Lipinski definition) is 8. The lowest BCUT2D eigenvalue weighted by Crippen LogP contribution is -2.65. The van der Waals surface area contributed by atoms with Gasteiger partial charge >= 0.3 is 35.4 Å². The summed E-state index contributed by atoms with van der Waals surface area (Å²) in [5, 5.41) is 31.2. The number of unbranched alkanes of at least 4 members (excludes halogenated alkanes) is 4. The lowest BCUT2D eigenvalue weighted by Gasteiger charge is -2.44. The Balaban J connectivity index is 3.03. The Morgan fingerprint density at radius 2 is 1.12 bits per heavy atom. The molecule has 2 unspecified atom stereocenters. The summed E-state index contributed by atoms with van der Waals surface area (Å²) < 4.78 is 63.6. The Kier molecular flexibility index (Phi) is 17.1. The molecule has 1 rings (SSSR count). The molecule has 0 saturated heterocycles. The highest BCUT2D eigenvalue weighted by Gasteiger charge is 2.56. The van der Waals surface area contributed by atoms with Crippen LogP contribution in [0.25, 0.3) is 0 Å². The van der Waals surface area contributed by atoms with E-state index in [4.69, 9.17) is 38.1 Å². The number of ether oxygens (including phenoxy) is 2. The van der Waals surface area contributed by atoms with E-state index in [0.717, 1.165) is 19.3 Å². The third-order valence-electron chi connectivity index (χ3n) is 5.91. The first-order valence-electron chi connectivity index (χ1n) is 13.3. The predicted molar refractivity (Wildman–Crippen MR) is 142 cm³/mol. The molecule has 0 aromatic heterocycles. The summed E-state index contributed by atoms with van der Waals surface area (Å²) >= 11 is 0. The van der Waals surface area contributed by atoms with Gasteiger partial charge in [0.25, 0.3) is 0 Å². The number of rotatable bonds is 20. The van der Waals surface area contributed by atoms with Gasteiger partial charge in [-0.3, -0.25) is 27.7 Å². The molecule has 0 radical (unpaired) electrons. The standard InChI is InChI=1S/C21H41O19P3/c1-3-5-7-9-14(22)35-11-13(37-15(23)10-8-6-4-2)12-36-43(33,34)40-19-16(24)17(25)20(38-41(27,28)29)21(18(19)26)39-42(30,31)32/h13,16-21,24-26H,3-12H2,1-2H3,(H,33,34)(H2,27,28,29)(H2,30,31,32)/t13?,16-,17-,18+,19+,20+,21+/m1/s1. The van der Waals surface area contributed by atoms with Crippen LogP contribution in [0.2, 0.25) is 0 Å². The zero-order chi connectivity index (χ0) is 33.0. The number of esters is 2. The minimum Gasteiger partial charge on any atom is -0.462 e. The average Bonchev–Trinajstić information content (AvgIpc) is 2.88. The van der Waals surface area contributed by atoms with Crippen molar-refractivity contribution in [1.29, 1.82) is 0 Å². The molecule has 0 aliphatic heterocycles. The highest BCUT2D eigenvalue weighted by atomic mass is 31.2. The van der Waals surface area contributed by atoms with Crippen molar-refractivity contribution in [2.75, 3.05) is 13.2 Å². The number of aliphatic hydroxyl groups is 3. The van der Waals surface area contributed by atoms with Crippen LogP contribution < -0.4 is 0 Å². The molecule has 1 aliphatic carbocycles. The summed E-state index contributed by atoms with van der Waals surface area (Å²) in [5.41, 5.74) is 0. The van der Waals surface area contributed by atoms with Gasteiger partial charge in [0.2, 0.25) is 0 Å². The van der Waals surface area contributed by atoms with E-state index in [1.807, 2.05) is 13.8 Å². The molecular weight excluding hydrogens is 649 g/mol. The summed E-state index contributed by atoms with van der Waals surface area (Å²) in [7, 11) is -16.5. The molecule has 0 aromatic rings. The first-order valence-corrected chi connectivity index (χ1v) is 17.9. The van der Waals surface area contributed by atoms with Gasteiger partial charge in [-0.2, -0.15) is 0 Å². The molecule has 1 saturated carbocycles. The third kappa shape index (κ3) is 15.8. The maximum Gasteiger partial charge on any atom is 0.472 e. The zero-order valence-corrected chi connectivity index (χ0v) is 26.2. The van der Waals surface area contributed by atoms with Crippen molar-refractivity contribution >= 4 is 35.4 Å². The molecule has 8 atom stereocenters. The van der Waals surface area contributed by atoms with E-state index in [-0.39, 0.29) is 12.8 Å². The van der Waals surface area contributed by atoms with Crippen LogP contribution in [0, 0.1) is 0 Å². The van der Waals surface area contributed by atoms with E-state index >= 15 is 0 Å². The first-order chi connectivity index (χ1) is 19.8. The molecule has 22 heteroatoms. The Morgan fingerprint density at radius 3 is 1.60 bits per heavy atom. The Morgan fingerprint density at radius 1 is 0.651 bits per heavy atom. The molecule has 8 N–H and O–H groups in total. The minimum atomic E-state index is -5.57.